The molecule has 0 aliphatic carbocycles. The maximum absolute atomic E-state index is 12.8. The number of carboxylic acids is 2. The summed E-state index contributed by atoms with van der Waals surface area (Å²) in [5, 5.41) is 32.1. The van der Waals surface area contributed by atoms with Gasteiger partial charge in [0.15, 0.2) is 10.8 Å². The molecule has 1 aromatic rings. The van der Waals surface area contributed by atoms with Crippen LogP contribution < -0.4 is 22.3 Å². The molecule has 3 heterocycles. The highest BCUT2D eigenvalue weighted by Crippen LogP contribution is 2.39. The molecule has 1 saturated heterocycles. The molecule has 36 heavy (non-hydrogen) atoms. The van der Waals surface area contributed by atoms with Gasteiger partial charge in [-0.15, -0.1) is 47.9 Å². The molecule has 0 bridgehead atoms. The number of hydrogen-bond acceptors (Lipinski definition) is 13. The number of carbonyl (C=O) groups excluding carboxylic acids is 2. The number of fused-ring (bicyclic) bond motifs is 1. The van der Waals surface area contributed by atoms with Crippen LogP contribution in [0, 0.1) is 0 Å². The number of aliphatic carboxylic acids is 2. The number of aromatic nitrogens is 1. The summed E-state index contributed by atoms with van der Waals surface area (Å²) >= 11 is 2.21. The van der Waals surface area contributed by atoms with Gasteiger partial charge < -0.3 is 31.9 Å². The van der Waals surface area contributed by atoms with Crippen molar-refractivity contribution in [2.24, 2.45) is 21.2 Å². The van der Waals surface area contributed by atoms with E-state index in [2.05, 4.69) is 35.9 Å². The number of halogens is 2. The summed E-state index contributed by atoms with van der Waals surface area (Å²) in [6.07, 6.45) is 2.30. The standard InChI is InChI=1S/C16H17N9O7S2.2ClH/c17-16-22-7(4-34-16)9(24-32-2-8(26)27)12(28)23-10-13(29)25-11(15(30)31)6(3-33-14(10)25)1-20-21-5-19-18;;/h1,4-5,10,14H,2-3,18H2,(H2,17,22)(H,19,21)(H,23,28)(H,26,27)(H,30,31);2*1H/b20-1?,24-9-;;/t10?,14-;;/m1../s1. The van der Waals surface area contributed by atoms with Gasteiger partial charge in [-0.2, -0.15) is 10.2 Å². The van der Waals surface area contributed by atoms with Crippen LogP contribution in [-0.4, -0.2) is 85.9 Å². The van der Waals surface area contributed by atoms with Gasteiger partial charge in [0, 0.05) is 16.7 Å². The van der Waals surface area contributed by atoms with Crippen LogP contribution >= 0.6 is 47.9 Å². The fourth-order valence-corrected chi connectivity index (χ4v) is 4.73. The van der Waals surface area contributed by atoms with Crippen molar-refractivity contribution in [1.82, 2.24) is 20.6 Å². The summed E-state index contributed by atoms with van der Waals surface area (Å²) in [5.74, 6) is 0.890. The van der Waals surface area contributed by atoms with Gasteiger partial charge in [0.1, 0.15) is 29.1 Å². The first-order valence-corrected chi connectivity index (χ1v) is 11.0. The van der Waals surface area contributed by atoms with Gasteiger partial charge in [-0.1, -0.05) is 5.16 Å². The number of oxime groups is 1. The lowest BCUT2D eigenvalue weighted by molar-refractivity contribution is -0.150. The number of carbonyl (C=O) groups is 4. The number of hydrazone groups is 2. The summed E-state index contributed by atoms with van der Waals surface area (Å²) < 4.78 is 0. The highest BCUT2D eigenvalue weighted by atomic mass is 35.5. The highest BCUT2D eigenvalue weighted by Gasteiger charge is 2.54. The van der Waals surface area contributed by atoms with Crippen LogP contribution in [-0.2, 0) is 24.0 Å². The van der Waals surface area contributed by atoms with Crippen molar-refractivity contribution in [1.29, 1.82) is 0 Å². The number of rotatable bonds is 10. The van der Waals surface area contributed by atoms with E-state index in [-0.39, 0.29) is 52.7 Å². The first-order valence-electron chi connectivity index (χ1n) is 9.10. The average molecular weight is 584 g/mol. The lowest BCUT2D eigenvalue weighted by Crippen LogP contribution is -2.71. The summed E-state index contributed by atoms with van der Waals surface area (Å²) in [5.41, 5.74) is 7.55. The number of thioether (sulfide) groups is 1. The Morgan fingerprint density at radius 1 is 1.33 bits per heavy atom. The van der Waals surface area contributed by atoms with Crippen molar-refractivity contribution in [3.05, 3.63) is 22.3 Å². The topological polar surface area (TPSA) is 247 Å². The van der Waals surface area contributed by atoms with Gasteiger partial charge in [0.2, 0.25) is 6.61 Å². The summed E-state index contributed by atoms with van der Waals surface area (Å²) in [6, 6.07) is -1.08. The van der Waals surface area contributed by atoms with Crippen LogP contribution in [0.1, 0.15) is 5.69 Å². The van der Waals surface area contributed by atoms with Gasteiger partial charge in [0.05, 0.1) is 6.21 Å². The number of nitrogens with one attached hydrogen (secondary N) is 2. The Bertz CT molecular complexity index is 1140. The van der Waals surface area contributed by atoms with E-state index in [1.807, 2.05) is 0 Å². The predicted octanol–water partition coefficient (Wildman–Crippen LogP) is -1.41. The third-order valence-corrected chi connectivity index (χ3v) is 6.21. The molecular weight excluding hydrogens is 565 g/mol. The summed E-state index contributed by atoms with van der Waals surface area (Å²) in [4.78, 5) is 57.7. The number of amides is 2. The maximum atomic E-state index is 12.8. The Hall–Kier alpha value is -3.61. The van der Waals surface area contributed by atoms with E-state index in [4.69, 9.17) is 16.7 Å². The lowest BCUT2D eigenvalue weighted by atomic mass is 10.0. The third-order valence-electron chi connectivity index (χ3n) is 4.24. The monoisotopic (exact) mass is 583 g/mol. The van der Waals surface area contributed by atoms with Crippen LogP contribution in [0.3, 0.4) is 0 Å². The number of anilines is 1. The molecule has 196 valence electrons. The summed E-state index contributed by atoms with van der Waals surface area (Å²) in [7, 11) is 0. The van der Waals surface area contributed by atoms with Gasteiger partial charge in [-0.25, -0.2) is 14.6 Å². The van der Waals surface area contributed by atoms with Gasteiger partial charge in [0.25, 0.3) is 11.8 Å². The number of hydrogen-bond donors (Lipinski definition) is 6. The molecule has 1 unspecified atom stereocenters. The predicted molar refractivity (Wildman–Crippen MR) is 135 cm³/mol. The van der Waals surface area contributed by atoms with Crippen LogP contribution in [0.25, 0.3) is 0 Å². The number of β-lactam (4-membered cyclic amide) rings is 1. The zero-order valence-electron chi connectivity index (χ0n) is 17.8. The van der Waals surface area contributed by atoms with Crippen molar-refractivity contribution in [3.63, 3.8) is 0 Å². The van der Waals surface area contributed by atoms with E-state index in [0.717, 1.165) is 22.6 Å². The molecule has 1 fully saturated rings. The van der Waals surface area contributed by atoms with E-state index in [1.165, 1.54) is 23.4 Å². The van der Waals surface area contributed by atoms with Gasteiger partial charge in [-0.05, 0) is 0 Å². The molecule has 0 spiro atoms. The number of nitrogens with two attached hydrogens (primary N) is 2. The molecule has 0 saturated carbocycles. The Morgan fingerprint density at radius 3 is 2.64 bits per heavy atom. The SMILES string of the molecule is Cl.Cl.NN=CNN=CC1=C(C(=O)O)N2C(=O)C(NC(=O)/C(=N\OCC(=O)O)c3csc(N)n3)[C@H]2SC1. The molecule has 0 aromatic carbocycles. The van der Waals surface area contributed by atoms with Crippen LogP contribution in [0.4, 0.5) is 5.13 Å². The first-order chi connectivity index (χ1) is 16.2. The first kappa shape index (κ1) is 30.4. The van der Waals surface area contributed by atoms with Crippen LogP contribution in [0.5, 0.6) is 0 Å². The fraction of sp³-hybridized carbons (Fsp3) is 0.250. The number of thiazole rings is 1. The second kappa shape index (κ2) is 13.5. The van der Waals surface area contributed by atoms with Gasteiger partial charge >= 0.3 is 11.9 Å². The molecule has 2 aliphatic rings. The van der Waals surface area contributed by atoms with Crippen molar-refractivity contribution in [3.8, 4) is 0 Å². The zero-order chi connectivity index (χ0) is 24.8. The Kier molecular flexibility index (Phi) is 11.4. The van der Waals surface area contributed by atoms with Crippen molar-refractivity contribution in [2.45, 2.75) is 11.4 Å². The van der Waals surface area contributed by atoms with Crippen LogP contribution in [0.15, 0.2) is 32.0 Å². The number of carboxylic acid groups (broad SMARTS) is 2. The van der Waals surface area contributed by atoms with Crippen molar-refractivity contribution >= 4 is 95.1 Å². The van der Waals surface area contributed by atoms with Gasteiger partial charge in [-0.3, -0.25) is 19.9 Å². The second-order valence-electron chi connectivity index (χ2n) is 6.38. The van der Waals surface area contributed by atoms with Crippen molar-refractivity contribution in [2.75, 3.05) is 18.1 Å². The minimum absolute atomic E-state index is 0. The average Bonchev–Trinajstić information content (AvgIpc) is 3.22. The molecule has 2 atom stereocenters. The third kappa shape index (κ3) is 6.74. The smallest absolute Gasteiger partial charge is 0.353 e. The molecule has 2 amide bonds. The molecule has 0 radical (unpaired) electrons. The minimum atomic E-state index is -1.35. The Morgan fingerprint density at radius 2 is 2.06 bits per heavy atom. The lowest BCUT2D eigenvalue weighted by Gasteiger charge is -2.49. The maximum Gasteiger partial charge on any atom is 0.353 e. The summed E-state index contributed by atoms with van der Waals surface area (Å²) in [6.45, 7) is -0.811. The molecule has 20 heteroatoms. The Labute approximate surface area is 222 Å². The molecule has 16 nitrogen and oxygen atoms in total. The van der Waals surface area contributed by atoms with Crippen molar-refractivity contribution < 1.29 is 34.2 Å². The second-order valence-corrected chi connectivity index (χ2v) is 8.38. The number of nitrogens with zero attached hydrogens (tertiary/aromatic N) is 5. The normalized spacial score (nSPS) is 19.2. The Balaban J connectivity index is 0.00000324. The van der Waals surface area contributed by atoms with E-state index in [9.17, 15) is 24.3 Å². The molecule has 3 rings (SSSR count). The molecule has 8 N–H and O–H groups in total. The van der Waals surface area contributed by atoms with E-state index in [0.29, 0.717) is 0 Å². The number of nitrogen functional groups attached to an aromatic ring is 1. The van der Waals surface area contributed by atoms with E-state index in [1.54, 1.807) is 0 Å². The zero-order valence-corrected chi connectivity index (χ0v) is 21.0. The molecule has 2 aliphatic heterocycles. The quantitative estimate of drug-likeness (QED) is 0.0610. The fourth-order valence-electron chi connectivity index (χ4n) is 2.89. The molecular formula is C16H19Cl2N9O7S2. The van der Waals surface area contributed by atoms with Crippen LogP contribution in [0.2, 0.25) is 0 Å². The molecule has 1 aromatic heterocycles. The largest absolute Gasteiger partial charge is 0.479 e. The minimum Gasteiger partial charge on any atom is -0.479 e. The van der Waals surface area contributed by atoms with E-state index < -0.39 is 47.5 Å². The highest BCUT2D eigenvalue weighted by molar-refractivity contribution is 8.00. The van der Waals surface area contributed by atoms with E-state index >= 15 is 0 Å².